The van der Waals surface area contributed by atoms with Gasteiger partial charge in [0.2, 0.25) is 11.8 Å². The Morgan fingerprint density at radius 3 is 1.66 bits per heavy atom. The molecule has 3 N–H and O–H groups in total. The normalized spacial score (nSPS) is 15.6. The maximum Gasteiger partial charge on any atom is 0.239 e. The van der Waals surface area contributed by atoms with Crippen LogP contribution in [0.25, 0.3) is 23.0 Å². The molecule has 2 aliphatic carbocycles. The summed E-state index contributed by atoms with van der Waals surface area (Å²) < 4.78 is 22.7. The summed E-state index contributed by atoms with van der Waals surface area (Å²) >= 11 is 0. The zero-order valence-electron chi connectivity index (χ0n) is 38.8. The molecule has 5 heterocycles. The maximum atomic E-state index is 12.5. The van der Waals surface area contributed by atoms with Gasteiger partial charge in [-0.3, -0.25) is 19.6 Å². The first-order chi connectivity index (χ1) is 30.5. The Balaban J connectivity index is 0.000000216. The van der Waals surface area contributed by atoms with Crippen molar-refractivity contribution in [1.29, 1.82) is 0 Å². The second-order valence-corrected chi connectivity index (χ2v) is 18.4. The Bertz CT molecular complexity index is 2200. The molecule has 17 nitrogen and oxygen atoms in total. The van der Waals surface area contributed by atoms with Gasteiger partial charge in [0, 0.05) is 78.8 Å². The van der Waals surface area contributed by atoms with Crippen molar-refractivity contribution in [3.63, 3.8) is 0 Å². The second kappa shape index (κ2) is 21.9. The SMILES string of the molecule is CN(CC(=O)NC(C)(C)C)c1nc(-c2cc(OCCO)ccn2)nc2c1CCC2.CN(CC(=O)NC(C)(C)C)c1nc(-c2cc(OCCOC3CCCCO3)ccn2)nc2c1CCC2. The molecule has 2 amide bonds. The number of ether oxygens (including phenoxy) is 4. The first-order valence-electron chi connectivity index (χ1n) is 22.4. The van der Waals surface area contributed by atoms with E-state index in [1.165, 1.54) is 0 Å². The summed E-state index contributed by atoms with van der Waals surface area (Å²) in [6, 6.07) is 7.17. The van der Waals surface area contributed by atoms with E-state index >= 15 is 0 Å². The van der Waals surface area contributed by atoms with Crippen LogP contribution in [0, 0.1) is 0 Å². The van der Waals surface area contributed by atoms with E-state index in [-0.39, 0.29) is 55.5 Å². The van der Waals surface area contributed by atoms with Crippen molar-refractivity contribution in [1.82, 2.24) is 40.5 Å². The number of aliphatic hydroxyl groups is 1. The van der Waals surface area contributed by atoms with Crippen LogP contribution in [0.2, 0.25) is 0 Å². The molecular weight excluding hydrogens is 817 g/mol. The number of fused-ring (bicyclic) bond motifs is 2. The lowest BCUT2D eigenvalue weighted by atomic mass is 10.1. The number of carbonyl (C=O) groups excluding carboxylic acids is 2. The van der Waals surface area contributed by atoms with E-state index in [0.717, 1.165) is 98.5 Å². The summed E-state index contributed by atoms with van der Waals surface area (Å²) in [5, 5.41) is 15.0. The molecule has 7 rings (SSSR count). The zero-order chi connectivity index (χ0) is 45.9. The highest BCUT2D eigenvalue weighted by molar-refractivity contribution is 5.82. The van der Waals surface area contributed by atoms with E-state index in [1.54, 1.807) is 24.5 Å². The predicted octanol–water partition coefficient (Wildman–Crippen LogP) is 5.05. The van der Waals surface area contributed by atoms with Gasteiger partial charge < -0.3 is 44.5 Å². The van der Waals surface area contributed by atoms with E-state index in [4.69, 9.17) is 44.0 Å². The third-order valence-electron chi connectivity index (χ3n) is 10.4. The summed E-state index contributed by atoms with van der Waals surface area (Å²) in [6.07, 6.45) is 12.0. The topological polar surface area (TPSA) is 199 Å². The Morgan fingerprint density at radius 2 is 1.20 bits per heavy atom. The van der Waals surface area contributed by atoms with Gasteiger partial charge in [-0.15, -0.1) is 0 Å². The molecule has 17 heteroatoms. The number of carbonyl (C=O) groups is 2. The van der Waals surface area contributed by atoms with Crippen molar-refractivity contribution in [2.24, 2.45) is 0 Å². The molecule has 0 saturated carbocycles. The van der Waals surface area contributed by atoms with Gasteiger partial charge in [0.05, 0.1) is 26.3 Å². The van der Waals surface area contributed by atoms with E-state index in [0.29, 0.717) is 47.7 Å². The molecule has 4 aromatic rings. The number of likely N-dealkylation sites (N-methyl/N-ethyl adjacent to an activating group) is 2. The Kier molecular flexibility index (Phi) is 16.4. The Hall–Kier alpha value is -5.52. The van der Waals surface area contributed by atoms with E-state index in [2.05, 4.69) is 20.6 Å². The largest absolute Gasteiger partial charge is 0.491 e. The summed E-state index contributed by atoms with van der Waals surface area (Å²) in [4.78, 5) is 56.7. The van der Waals surface area contributed by atoms with Crippen molar-refractivity contribution in [2.75, 3.05) is 70.0 Å². The number of nitrogens with one attached hydrogen (secondary N) is 2. The smallest absolute Gasteiger partial charge is 0.239 e. The van der Waals surface area contributed by atoms with E-state index in [9.17, 15) is 9.59 Å². The van der Waals surface area contributed by atoms with Crippen LogP contribution in [-0.2, 0) is 44.7 Å². The van der Waals surface area contributed by atoms with E-state index in [1.807, 2.05) is 77.6 Å². The van der Waals surface area contributed by atoms with Crippen LogP contribution in [0.1, 0.15) is 96.2 Å². The van der Waals surface area contributed by atoms with Gasteiger partial charge in [-0.05, 0) is 111 Å². The highest BCUT2D eigenvalue weighted by Crippen LogP contribution is 2.33. The highest BCUT2D eigenvalue weighted by atomic mass is 16.7. The molecule has 1 aliphatic heterocycles. The van der Waals surface area contributed by atoms with Crippen LogP contribution in [0.3, 0.4) is 0 Å². The van der Waals surface area contributed by atoms with Crippen molar-refractivity contribution >= 4 is 23.5 Å². The Labute approximate surface area is 377 Å². The lowest BCUT2D eigenvalue weighted by Crippen LogP contribution is -2.45. The lowest BCUT2D eigenvalue weighted by Gasteiger charge is -2.25. The maximum absolute atomic E-state index is 12.5. The second-order valence-electron chi connectivity index (χ2n) is 18.4. The van der Waals surface area contributed by atoms with Gasteiger partial charge in [0.15, 0.2) is 17.9 Å². The fraction of sp³-hybridized carbons (Fsp3) is 0.574. The number of anilines is 2. The van der Waals surface area contributed by atoms with Crippen molar-refractivity contribution in [3.8, 4) is 34.5 Å². The number of nitrogens with zero attached hydrogens (tertiary/aromatic N) is 8. The molecule has 4 aromatic heterocycles. The summed E-state index contributed by atoms with van der Waals surface area (Å²) in [7, 11) is 3.77. The van der Waals surface area contributed by atoms with Crippen LogP contribution in [0.4, 0.5) is 11.6 Å². The standard InChI is InChI=1S/C26H37N5O4.C21H29N5O3/c1-26(2,3)30-22(32)17-31(4)25-19-8-7-9-20(19)28-24(29-25)21-16-18(11-12-27-21)33-14-15-35-23-10-5-6-13-34-23;1-21(2,3)25-18(28)13-26(4)20-15-6-5-7-16(15)23-19(24-20)17-12-14(8-9-22-17)29-11-10-27/h11-12,16,23H,5-10,13-15,17H2,1-4H3,(H,30,32);8-9,12,27H,5-7,10-11,13H2,1-4H3,(H,25,28). The fourth-order valence-electron chi connectivity index (χ4n) is 7.77. The number of rotatable bonds is 16. The van der Waals surface area contributed by atoms with Crippen LogP contribution >= 0.6 is 0 Å². The molecule has 1 unspecified atom stereocenters. The summed E-state index contributed by atoms with van der Waals surface area (Å²) in [5.74, 6) is 3.82. The number of aryl methyl sites for hydroxylation is 2. The number of hydrogen-bond acceptors (Lipinski definition) is 15. The molecule has 0 bridgehead atoms. The number of pyridine rings is 2. The molecule has 346 valence electrons. The third kappa shape index (κ3) is 14.0. The van der Waals surface area contributed by atoms with E-state index < -0.39 is 0 Å². The minimum absolute atomic E-state index is 0.0405. The number of hydrogen-bond donors (Lipinski definition) is 3. The van der Waals surface area contributed by atoms with Crippen LogP contribution in [0.15, 0.2) is 36.7 Å². The quantitative estimate of drug-likeness (QED) is 0.126. The molecule has 3 aliphatic rings. The first-order valence-corrected chi connectivity index (χ1v) is 22.4. The summed E-state index contributed by atoms with van der Waals surface area (Å²) in [5.41, 5.74) is 4.94. The molecule has 0 radical (unpaired) electrons. The average Bonchev–Trinajstić information content (AvgIpc) is 3.93. The summed E-state index contributed by atoms with van der Waals surface area (Å²) in [6.45, 7) is 14.0. The predicted molar refractivity (Wildman–Crippen MR) is 245 cm³/mol. The Morgan fingerprint density at radius 1 is 0.703 bits per heavy atom. The van der Waals surface area contributed by atoms with Crippen molar-refractivity contribution < 1.29 is 33.6 Å². The van der Waals surface area contributed by atoms with Crippen LogP contribution < -0.4 is 29.9 Å². The number of aliphatic hydroxyl groups excluding tert-OH is 1. The van der Waals surface area contributed by atoms with Gasteiger partial charge in [-0.1, -0.05) is 0 Å². The molecule has 64 heavy (non-hydrogen) atoms. The molecule has 0 spiro atoms. The monoisotopic (exact) mass is 883 g/mol. The lowest BCUT2D eigenvalue weighted by molar-refractivity contribution is -0.165. The van der Waals surface area contributed by atoms with Gasteiger partial charge in [0.1, 0.15) is 47.7 Å². The molecule has 1 atom stereocenters. The fourth-order valence-corrected chi connectivity index (χ4v) is 7.77. The van der Waals surface area contributed by atoms with Gasteiger partial charge in [-0.25, -0.2) is 19.9 Å². The number of aromatic nitrogens is 6. The molecule has 1 fully saturated rings. The van der Waals surface area contributed by atoms with Crippen LogP contribution in [-0.4, -0.2) is 124 Å². The van der Waals surface area contributed by atoms with Gasteiger partial charge in [0.25, 0.3) is 0 Å². The van der Waals surface area contributed by atoms with Gasteiger partial charge in [-0.2, -0.15) is 0 Å². The van der Waals surface area contributed by atoms with Crippen molar-refractivity contribution in [2.45, 2.75) is 117 Å². The number of amides is 2. The minimum atomic E-state index is -0.282. The van der Waals surface area contributed by atoms with Crippen LogP contribution in [0.5, 0.6) is 11.5 Å². The van der Waals surface area contributed by atoms with Crippen molar-refractivity contribution in [3.05, 3.63) is 59.2 Å². The average molecular weight is 883 g/mol. The molecular formula is C47H66N10O7. The minimum Gasteiger partial charge on any atom is -0.491 e. The first kappa shape index (κ1) is 47.9. The molecule has 0 aromatic carbocycles. The third-order valence-corrected chi connectivity index (χ3v) is 10.4. The highest BCUT2D eigenvalue weighted by Gasteiger charge is 2.26. The zero-order valence-corrected chi connectivity index (χ0v) is 38.8. The molecule has 1 saturated heterocycles. The van der Waals surface area contributed by atoms with Gasteiger partial charge >= 0.3 is 0 Å².